The normalized spacial score (nSPS) is 16.5. The number of allylic oxidation sites excluding steroid dienone is 4. The molecule has 0 spiro atoms. The Morgan fingerprint density at radius 2 is 1.61 bits per heavy atom. The Labute approximate surface area is 165 Å². The van der Waals surface area contributed by atoms with Gasteiger partial charge in [-0.1, -0.05) is 67.3 Å². The molecule has 28 heavy (non-hydrogen) atoms. The lowest BCUT2D eigenvalue weighted by Gasteiger charge is -2.23. The second-order valence-electron chi connectivity index (χ2n) is 7.19. The molecule has 1 aromatic heterocycles. The van der Waals surface area contributed by atoms with E-state index in [9.17, 15) is 0 Å². The highest BCUT2D eigenvalue weighted by molar-refractivity contribution is 6.11. The van der Waals surface area contributed by atoms with Gasteiger partial charge in [0.2, 0.25) is 0 Å². The average Bonchev–Trinajstić information content (AvgIpc) is 3.10. The molecule has 0 aliphatic carbocycles. The summed E-state index contributed by atoms with van der Waals surface area (Å²) in [5.41, 5.74) is 7.20. The van der Waals surface area contributed by atoms with Crippen LogP contribution in [0.3, 0.4) is 0 Å². The molecule has 1 aliphatic heterocycles. The third-order valence-electron chi connectivity index (χ3n) is 5.58. The quantitative estimate of drug-likeness (QED) is 0.380. The lowest BCUT2D eigenvalue weighted by atomic mass is 10.0. The summed E-state index contributed by atoms with van der Waals surface area (Å²) < 4.78 is 2.40. The molecule has 136 valence electrons. The maximum atomic E-state index is 4.24. The molecule has 0 saturated carbocycles. The van der Waals surface area contributed by atoms with Gasteiger partial charge in [-0.25, -0.2) is 0 Å². The number of hydrogen-bond acceptors (Lipinski definition) is 1. The zero-order valence-corrected chi connectivity index (χ0v) is 16.0. The number of aromatic nitrogens is 1. The maximum absolute atomic E-state index is 4.24. The fourth-order valence-electron chi connectivity index (χ4n) is 4.17. The van der Waals surface area contributed by atoms with E-state index in [1.165, 1.54) is 38.7 Å². The van der Waals surface area contributed by atoms with Crippen LogP contribution in [-0.4, -0.2) is 11.6 Å². The van der Waals surface area contributed by atoms with Crippen molar-refractivity contribution in [2.45, 2.75) is 6.42 Å². The minimum Gasteiger partial charge on any atom is -0.345 e. The molecule has 2 heterocycles. The fraction of sp³-hybridized carbons (Fsp3) is 0.0769. The summed E-state index contributed by atoms with van der Waals surface area (Å²) >= 11 is 0. The summed E-state index contributed by atoms with van der Waals surface area (Å²) in [5, 5.41) is 2.57. The number of para-hydroxylation sites is 2. The number of rotatable bonds is 1. The van der Waals surface area contributed by atoms with Crippen molar-refractivity contribution >= 4 is 27.5 Å². The Balaban J connectivity index is 1.95. The fourth-order valence-corrected chi connectivity index (χ4v) is 4.17. The molecule has 0 fully saturated rings. The molecule has 0 atom stereocenters. The second kappa shape index (κ2) is 6.58. The zero-order valence-electron chi connectivity index (χ0n) is 16.0. The number of anilines is 1. The SMILES string of the molecule is C=C1/C=C\C=C/Cc2c(ccc3c4ccccc4n(-c4ccccc4)c23)N1C. The van der Waals surface area contributed by atoms with Crippen LogP contribution in [0.5, 0.6) is 0 Å². The molecule has 3 aromatic carbocycles. The van der Waals surface area contributed by atoms with Crippen LogP contribution in [0.2, 0.25) is 0 Å². The number of hydrogen-bond donors (Lipinski definition) is 0. The standard InChI is InChI=1S/C26H22N2/c1-19-11-5-3-8-15-23-24(27(19)2)18-17-22-21-14-9-10-16-25(21)28(26(22)23)20-12-6-4-7-13-20/h3-14,16-18H,1,15H2,2H3/b8-3-,11-5-. The molecule has 0 radical (unpaired) electrons. The number of fused-ring (bicyclic) bond motifs is 5. The maximum Gasteiger partial charge on any atom is 0.0597 e. The first-order valence-electron chi connectivity index (χ1n) is 9.62. The van der Waals surface area contributed by atoms with Crippen LogP contribution in [0.25, 0.3) is 27.5 Å². The summed E-state index contributed by atoms with van der Waals surface area (Å²) in [6.07, 6.45) is 9.34. The number of benzene rings is 3. The minimum atomic E-state index is 0.873. The van der Waals surface area contributed by atoms with Gasteiger partial charge >= 0.3 is 0 Å². The summed E-state index contributed by atoms with van der Waals surface area (Å²) in [7, 11) is 2.10. The van der Waals surface area contributed by atoms with E-state index in [4.69, 9.17) is 0 Å². The Morgan fingerprint density at radius 1 is 0.821 bits per heavy atom. The second-order valence-corrected chi connectivity index (χ2v) is 7.19. The van der Waals surface area contributed by atoms with E-state index in [0.717, 1.165) is 12.1 Å². The molecule has 2 heteroatoms. The van der Waals surface area contributed by atoms with Gasteiger partial charge in [0, 0.05) is 40.5 Å². The molecule has 0 saturated heterocycles. The molecule has 1 aliphatic rings. The van der Waals surface area contributed by atoms with Gasteiger partial charge < -0.3 is 9.47 Å². The number of nitrogens with zero attached hydrogens (tertiary/aromatic N) is 2. The Kier molecular flexibility index (Phi) is 3.91. The van der Waals surface area contributed by atoms with Crippen LogP contribution in [0.15, 0.2) is 103 Å². The largest absolute Gasteiger partial charge is 0.345 e. The minimum absolute atomic E-state index is 0.873. The van der Waals surface area contributed by atoms with Crippen molar-refractivity contribution < 1.29 is 0 Å². The molecule has 0 N–H and O–H groups in total. The van der Waals surface area contributed by atoms with Gasteiger partial charge in [-0.3, -0.25) is 0 Å². The summed E-state index contributed by atoms with van der Waals surface area (Å²) in [6.45, 7) is 4.24. The summed E-state index contributed by atoms with van der Waals surface area (Å²) in [5.74, 6) is 0. The first-order valence-corrected chi connectivity index (χ1v) is 9.62. The van der Waals surface area contributed by atoms with Crippen molar-refractivity contribution in [2.24, 2.45) is 0 Å². The van der Waals surface area contributed by atoms with Gasteiger partial charge in [0.15, 0.2) is 0 Å². The van der Waals surface area contributed by atoms with Crippen LogP contribution < -0.4 is 4.90 Å². The first kappa shape index (κ1) is 16.6. The third-order valence-corrected chi connectivity index (χ3v) is 5.58. The van der Waals surface area contributed by atoms with Gasteiger partial charge in [0.25, 0.3) is 0 Å². The molecule has 0 bridgehead atoms. The predicted molar refractivity (Wildman–Crippen MR) is 120 cm³/mol. The van der Waals surface area contributed by atoms with Crippen molar-refractivity contribution in [2.75, 3.05) is 11.9 Å². The van der Waals surface area contributed by atoms with Crippen LogP contribution >= 0.6 is 0 Å². The summed E-state index contributed by atoms with van der Waals surface area (Å²) in [4.78, 5) is 2.19. The first-order chi connectivity index (χ1) is 13.8. The van der Waals surface area contributed by atoms with E-state index < -0.39 is 0 Å². The Morgan fingerprint density at radius 3 is 2.46 bits per heavy atom. The van der Waals surface area contributed by atoms with Crippen LogP contribution in [0.1, 0.15) is 5.56 Å². The van der Waals surface area contributed by atoms with E-state index >= 15 is 0 Å². The topological polar surface area (TPSA) is 8.17 Å². The molecular formula is C26H22N2. The molecule has 2 nitrogen and oxygen atoms in total. The molecule has 0 unspecified atom stereocenters. The van der Waals surface area contributed by atoms with E-state index in [-0.39, 0.29) is 0 Å². The van der Waals surface area contributed by atoms with Crippen LogP contribution in [0.4, 0.5) is 5.69 Å². The van der Waals surface area contributed by atoms with E-state index in [1.807, 2.05) is 0 Å². The lowest BCUT2D eigenvalue weighted by molar-refractivity contribution is 1.10. The van der Waals surface area contributed by atoms with Gasteiger partial charge in [-0.05, 0) is 36.8 Å². The van der Waals surface area contributed by atoms with E-state index in [0.29, 0.717) is 0 Å². The molecule has 5 rings (SSSR count). The Bertz CT molecular complexity index is 1260. The zero-order chi connectivity index (χ0) is 19.1. The molecule has 0 amide bonds. The predicted octanol–water partition coefficient (Wildman–Crippen LogP) is 6.40. The Hall–Kier alpha value is -3.52. The van der Waals surface area contributed by atoms with Crippen molar-refractivity contribution in [1.29, 1.82) is 0 Å². The highest BCUT2D eigenvalue weighted by Crippen LogP contribution is 2.39. The van der Waals surface area contributed by atoms with Gasteiger partial charge in [0.1, 0.15) is 0 Å². The summed E-state index contributed by atoms with van der Waals surface area (Å²) in [6, 6.07) is 23.8. The van der Waals surface area contributed by atoms with E-state index in [2.05, 4.69) is 114 Å². The van der Waals surface area contributed by atoms with Crippen LogP contribution in [-0.2, 0) is 6.42 Å². The molecule has 4 aromatic rings. The highest BCUT2D eigenvalue weighted by atomic mass is 15.1. The highest BCUT2D eigenvalue weighted by Gasteiger charge is 2.19. The smallest absolute Gasteiger partial charge is 0.0597 e. The number of likely N-dealkylation sites (N-methyl/N-ethyl adjacent to an activating group) is 1. The van der Waals surface area contributed by atoms with E-state index in [1.54, 1.807) is 0 Å². The average molecular weight is 362 g/mol. The van der Waals surface area contributed by atoms with Gasteiger partial charge in [0.05, 0.1) is 11.0 Å². The molecular weight excluding hydrogens is 340 g/mol. The van der Waals surface area contributed by atoms with Crippen molar-refractivity contribution in [1.82, 2.24) is 4.57 Å². The lowest BCUT2D eigenvalue weighted by Crippen LogP contribution is -2.16. The van der Waals surface area contributed by atoms with Gasteiger partial charge in [-0.2, -0.15) is 0 Å². The monoisotopic (exact) mass is 362 g/mol. The van der Waals surface area contributed by atoms with Crippen molar-refractivity contribution in [3.8, 4) is 5.69 Å². The van der Waals surface area contributed by atoms with Crippen molar-refractivity contribution in [3.63, 3.8) is 0 Å². The van der Waals surface area contributed by atoms with Crippen LogP contribution in [0, 0.1) is 0 Å². The van der Waals surface area contributed by atoms with Crippen molar-refractivity contribution in [3.05, 3.63) is 109 Å². The third kappa shape index (κ3) is 2.49. The van der Waals surface area contributed by atoms with Gasteiger partial charge in [-0.15, -0.1) is 0 Å².